The highest BCUT2D eigenvalue weighted by molar-refractivity contribution is 5.78. The molecule has 5 atom stereocenters. The van der Waals surface area contributed by atoms with Crippen LogP contribution in [0.4, 0.5) is 0 Å². The minimum atomic E-state index is -0.0867. The summed E-state index contributed by atoms with van der Waals surface area (Å²) in [6.45, 7) is 2.29. The fraction of sp³-hybridized carbons (Fsp3) is 0.957. The maximum absolute atomic E-state index is 13.6. The summed E-state index contributed by atoms with van der Waals surface area (Å²) in [6.07, 6.45) is 15.5. The van der Waals surface area contributed by atoms with Crippen LogP contribution in [0.1, 0.15) is 84.0 Å². The first-order valence-corrected chi connectivity index (χ1v) is 11.3. The molecular formula is C23H34O2. The van der Waals surface area contributed by atoms with Gasteiger partial charge in [-0.2, -0.15) is 0 Å². The first-order valence-electron chi connectivity index (χ1n) is 11.3. The zero-order valence-corrected chi connectivity index (χ0v) is 15.8. The number of carbonyl (C=O) groups excluding carboxylic acids is 1. The monoisotopic (exact) mass is 342 g/mol. The van der Waals surface area contributed by atoms with E-state index in [1.165, 1.54) is 51.4 Å². The average Bonchev–Trinajstić information content (AvgIpc) is 3.25. The van der Waals surface area contributed by atoms with Crippen molar-refractivity contribution in [2.45, 2.75) is 89.6 Å². The fourth-order valence-corrected chi connectivity index (χ4v) is 9.46. The van der Waals surface area contributed by atoms with Crippen molar-refractivity contribution in [1.82, 2.24) is 0 Å². The topological polar surface area (TPSA) is 26.3 Å². The summed E-state index contributed by atoms with van der Waals surface area (Å²) in [5.74, 6) is 6.14. The molecule has 0 aromatic rings. The molecular weight excluding hydrogens is 308 g/mol. The van der Waals surface area contributed by atoms with E-state index < -0.39 is 0 Å². The Balaban J connectivity index is 1.26. The molecule has 0 amide bonds. The number of hydrogen-bond donors (Lipinski definition) is 0. The zero-order chi connectivity index (χ0) is 16.8. The van der Waals surface area contributed by atoms with Gasteiger partial charge in [0.2, 0.25) is 0 Å². The van der Waals surface area contributed by atoms with E-state index in [-0.39, 0.29) is 17.0 Å². The van der Waals surface area contributed by atoms with Crippen LogP contribution in [0.5, 0.6) is 0 Å². The van der Waals surface area contributed by atoms with Crippen molar-refractivity contribution in [3.63, 3.8) is 0 Å². The molecule has 5 unspecified atom stereocenters. The molecule has 7 rings (SSSR count). The number of esters is 1. The SMILES string of the molecule is CCC1(OC(=O)C23CC4CC(CC(C4)C2)C3)CC2CC1C1CCCC21. The third-order valence-corrected chi connectivity index (χ3v) is 9.95. The van der Waals surface area contributed by atoms with Gasteiger partial charge in [-0.3, -0.25) is 4.79 Å². The van der Waals surface area contributed by atoms with Crippen LogP contribution in [0.25, 0.3) is 0 Å². The molecule has 138 valence electrons. The normalized spacial score (nSPS) is 57.9. The Morgan fingerprint density at radius 3 is 2.20 bits per heavy atom. The first kappa shape index (κ1) is 15.5. The Morgan fingerprint density at radius 1 is 0.920 bits per heavy atom. The van der Waals surface area contributed by atoms with Crippen molar-refractivity contribution >= 4 is 5.97 Å². The highest BCUT2D eigenvalue weighted by atomic mass is 16.6. The molecule has 0 aliphatic heterocycles. The molecule has 0 N–H and O–H groups in total. The maximum Gasteiger partial charge on any atom is 0.312 e. The zero-order valence-electron chi connectivity index (χ0n) is 15.8. The van der Waals surface area contributed by atoms with E-state index in [1.807, 2.05) is 0 Å². The maximum atomic E-state index is 13.6. The molecule has 2 heteroatoms. The smallest absolute Gasteiger partial charge is 0.312 e. The van der Waals surface area contributed by atoms with Crippen LogP contribution in [-0.2, 0) is 9.53 Å². The van der Waals surface area contributed by atoms with Crippen LogP contribution in [-0.4, -0.2) is 11.6 Å². The third-order valence-electron chi connectivity index (χ3n) is 9.95. The van der Waals surface area contributed by atoms with Gasteiger partial charge in [-0.25, -0.2) is 0 Å². The van der Waals surface area contributed by atoms with Gasteiger partial charge in [0.15, 0.2) is 0 Å². The lowest BCUT2D eigenvalue weighted by Gasteiger charge is -2.56. The second-order valence-corrected chi connectivity index (χ2v) is 11.1. The van der Waals surface area contributed by atoms with Crippen molar-refractivity contribution in [1.29, 1.82) is 0 Å². The predicted octanol–water partition coefficient (Wildman–Crippen LogP) is 5.35. The van der Waals surface area contributed by atoms with Crippen LogP contribution >= 0.6 is 0 Å². The molecule has 0 saturated heterocycles. The van der Waals surface area contributed by atoms with E-state index in [4.69, 9.17) is 4.74 Å². The van der Waals surface area contributed by atoms with Gasteiger partial charge in [0.05, 0.1) is 5.41 Å². The Labute approximate surface area is 152 Å². The van der Waals surface area contributed by atoms with Crippen molar-refractivity contribution in [2.24, 2.45) is 46.8 Å². The van der Waals surface area contributed by atoms with Crippen molar-refractivity contribution in [3.8, 4) is 0 Å². The number of rotatable bonds is 3. The summed E-state index contributed by atoms with van der Waals surface area (Å²) in [4.78, 5) is 13.6. The minimum Gasteiger partial charge on any atom is -0.458 e. The van der Waals surface area contributed by atoms with Gasteiger partial charge in [0.1, 0.15) is 5.60 Å². The van der Waals surface area contributed by atoms with Crippen molar-refractivity contribution in [2.75, 3.05) is 0 Å². The number of carbonyl (C=O) groups is 1. The Morgan fingerprint density at radius 2 is 1.56 bits per heavy atom. The predicted molar refractivity (Wildman–Crippen MR) is 96.8 cm³/mol. The molecule has 0 spiro atoms. The summed E-state index contributed by atoms with van der Waals surface area (Å²) in [7, 11) is 0. The Kier molecular flexibility index (Phi) is 3.13. The van der Waals surface area contributed by atoms with Gasteiger partial charge in [0, 0.05) is 5.92 Å². The van der Waals surface area contributed by atoms with Gasteiger partial charge in [-0.1, -0.05) is 13.3 Å². The van der Waals surface area contributed by atoms with E-state index >= 15 is 0 Å². The van der Waals surface area contributed by atoms with Gasteiger partial charge < -0.3 is 4.74 Å². The van der Waals surface area contributed by atoms with Crippen LogP contribution in [0, 0.1) is 46.8 Å². The second-order valence-electron chi connectivity index (χ2n) is 11.1. The highest BCUT2D eigenvalue weighted by Gasteiger charge is 2.64. The fourth-order valence-electron chi connectivity index (χ4n) is 9.46. The second kappa shape index (κ2) is 5.04. The average molecular weight is 343 g/mol. The Hall–Kier alpha value is -0.530. The van der Waals surface area contributed by atoms with Crippen molar-refractivity contribution < 1.29 is 9.53 Å². The van der Waals surface area contributed by atoms with E-state index in [0.29, 0.717) is 5.92 Å². The molecule has 0 aromatic heterocycles. The minimum absolute atomic E-state index is 0.0756. The summed E-state index contributed by atoms with van der Waals surface area (Å²) in [6, 6.07) is 0. The van der Waals surface area contributed by atoms with E-state index in [9.17, 15) is 4.79 Å². The Bertz CT molecular complexity index is 560. The van der Waals surface area contributed by atoms with Gasteiger partial charge in [-0.05, 0) is 106 Å². The van der Waals surface area contributed by atoms with Crippen molar-refractivity contribution in [3.05, 3.63) is 0 Å². The van der Waals surface area contributed by atoms with Crippen LogP contribution < -0.4 is 0 Å². The molecule has 0 radical (unpaired) electrons. The number of ether oxygens (including phenoxy) is 1. The molecule has 2 nitrogen and oxygen atoms in total. The summed E-state index contributed by atoms with van der Waals surface area (Å²) < 4.78 is 6.64. The molecule has 7 fully saturated rings. The van der Waals surface area contributed by atoms with Crippen LogP contribution in [0.3, 0.4) is 0 Å². The molecule has 7 saturated carbocycles. The lowest BCUT2D eigenvalue weighted by Crippen LogP contribution is -2.54. The van der Waals surface area contributed by atoms with Gasteiger partial charge >= 0.3 is 5.97 Å². The van der Waals surface area contributed by atoms with E-state index in [0.717, 1.165) is 61.2 Å². The van der Waals surface area contributed by atoms with E-state index in [2.05, 4.69) is 6.92 Å². The number of hydrogen-bond acceptors (Lipinski definition) is 2. The standard InChI is InChI=1S/C23H34O2/c1-2-23(13-17-9-20(23)19-5-3-4-18(17)19)25-21(24)22-10-14-6-15(11-22)8-16(7-14)12-22/h14-20H,2-13H2,1H3. The molecule has 25 heavy (non-hydrogen) atoms. The molecule has 0 heterocycles. The van der Waals surface area contributed by atoms with Crippen LogP contribution in [0.2, 0.25) is 0 Å². The summed E-state index contributed by atoms with van der Waals surface area (Å²) in [5, 5.41) is 0. The summed E-state index contributed by atoms with van der Waals surface area (Å²) >= 11 is 0. The molecule has 0 aromatic carbocycles. The molecule has 7 aliphatic carbocycles. The third kappa shape index (κ3) is 2.00. The number of fused-ring (bicyclic) bond motifs is 5. The van der Waals surface area contributed by atoms with Gasteiger partial charge in [-0.15, -0.1) is 0 Å². The van der Waals surface area contributed by atoms with Gasteiger partial charge in [0.25, 0.3) is 0 Å². The van der Waals surface area contributed by atoms with Crippen LogP contribution in [0.15, 0.2) is 0 Å². The molecule has 6 bridgehead atoms. The lowest BCUT2D eigenvalue weighted by atomic mass is 9.49. The quantitative estimate of drug-likeness (QED) is 0.646. The first-order chi connectivity index (χ1) is 12.1. The largest absolute Gasteiger partial charge is 0.458 e. The molecule has 7 aliphatic rings. The lowest BCUT2D eigenvalue weighted by molar-refractivity contribution is -0.196. The van der Waals surface area contributed by atoms with E-state index in [1.54, 1.807) is 0 Å². The summed E-state index contributed by atoms with van der Waals surface area (Å²) in [5.41, 5.74) is -0.162. The highest BCUT2D eigenvalue weighted by Crippen LogP contribution is 2.66.